The van der Waals surface area contributed by atoms with E-state index in [4.69, 9.17) is 144 Å². The highest BCUT2D eigenvalue weighted by molar-refractivity contribution is 8.07. The van der Waals surface area contributed by atoms with E-state index < -0.39 is 88.5 Å². The van der Waals surface area contributed by atoms with Crippen molar-refractivity contribution in [2.24, 2.45) is 5.92 Å². The molecule has 2 aliphatic heterocycles. The average Bonchev–Trinajstić information content (AvgIpc) is 1.07. The number of rotatable bonds is 61. The summed E-state index contributed by atoms with van der Waals surface area (Å²) in [5.41, 5.74) is 2.12. The van der Waals surface area contributed by atoms with Crippen molar-refractivity contribution in [2.75, 3.05) is 168 Å². The van der Waals surface area contributed by atoms with Crippen LogP contribution in [0.1, 0.15) is 210 Å². The molecule has 7 atom stereocenters. The van der Waals surface area contributed by atoms with Crippen LogP contribution in [0, 0.1) is 5.92 Å². The van der Waals surface area contributed by atoms with Crippen LogP contribution in [-0.4, -0.2) is 231 Å². The summed E-state index contributed by atoms with van der Waals surface area (Å²) in [6, 6.07) is 42.3. The Morgan fingerprint density at radius 1 is 0.500 bits per heavy atom. The fraction of sp³-hybridized carbons (Fsp3) is 0.649. The highest BCUT2D eigenvalue weighted by atomic mass is 35.5. The van der Waals surface area contributed by atoms with Crippen molar-refractivity contribution in [1.29, 1.82) is 0 Å². The zero-order chi connectivity index (χ0) is 99.5. The number of hydrogen-bond donors (Lipinski definition) is 1. The number of nitrogens with one attached hydrogen (secondary N) is 1. The molecule has 2 saturated heterocycles. The Bertz CT molecular complexity index is 4220. The Morgan fingerprint density at radius 3 is 1.47 bits per heavy atom. The predicted octanol–water partition coefficient (Wildman–Crippen LogP) is 20.4. The van der Waals surface area contributed by atoms with Crippen LogP contribution in [0.15, 0.2) is 127 Å². The molecule has 0 saturated carbocycles. The SMILES string of the molecule is CCOCC(C)COP(=O)(OCCOc1ccc(C(OC)OC)c(Cl)c1)OC(C)(C)C.COCCOCCOP(=O)(OCCOCCOCCCC(=O)ON1C(=O)CCC1=O)OC(C)(C)C.COc1ccc(C(NCCCCCOP(=S)(OC(C)C)OC(C)(C)C)(c2ccccc2)c2ccccc2)cc1.COc1ccc(C2OCC(COCCOP(=O)(OC(C)C)OC(C)(C)C)O2)cc1. The van der Waals surface area contributed by atoms with Gasteiger partial charge in [-0.3, -0.25) is 55.6 Å². The van der Waals surface area contributed by atoms with E-state index in [0.29, 0.717) is 74.1 Å². The fourth-order valence-electron chi connectivity index (χ4n) is 12.1. The molecule has 34 nitrogen and oxygen atoms in total. The topological polar surface area (TPSA) is 358 Å². The molecule has 2 aliphatic rings. The number of carbonyl (C=O) groups is 3. The van der Waals surface area contributed by atoms with Crippen LogP contribution in [0.5, 0.6) is 17.2 Å². The monoisotopic (exact) mass is 2010 g/mol. The Morgan fingerprint density at radius 2 is 0.970 bits per heavy atom. The third kappa shape index (κ3) is 50.3. The van der Waals surface area contributed by atoms with Crippen molar-refractivity contribution in [1.82, 2.24) is 10.4 Å². The van der Waals surface area contributed by atoms with E-state index in [1.165, 1.54) is 25.3 Å². The van der Waals surface area contributed by atoms with Crippen molar-refractivity contribution < 1.29 is 149 Å². The number of phosphoric acid groups is 3. The van der Waals surface area contributed by atoms with E-state index in [1.54, 1.807) is 116 Å². The zero-order valence-corrected chi connectivity index (χ0v) is 87.9. The molecular weight excluding hydrogens is 1860 g/mol. The van der Waals surface area contributed by atoms with E-state index in [9.17, 15) is 28.1 Å². The van der Waals surface area contributed by atoms with E-state index >= 15 is 0 Å². The Labute approximate surface area is 805 Å². The van der Waals surface area contributed by atoms with Crippen molar-refractivity contribution in [3.8, 4) is 17.2 Å². The lowest BCUT2D eigenvalue weighted by Gasteiger charge is -2.37. The number of methoxy groups -OCH3 is 5. The lowest BCUT2D eigenvalue weighted by molar-refractivity contribution is -0.197. The zero-order valence-electron chi connectivity index (χ0n) is 82.8. The van der Waals surface area contributed by atoms with Crippen LogP contribution in [0.4, 0.5) is 0 Å². The molecule has 2 fully saturated rings. The summed E-state index contributed by atoms with van der Waals surface area (Å²) in [7, 11) is -3.31. The average molecular weight is 2010 g/mol. The summed E-state index contributed by atoms with van der Waals surface area (Å²) in [6.07, 6.45) is 1.80. The van der Waals surface area contributed by atoms with E-state index in [2.05, 4.69) is 78.1 Å². The molecule has 7 unspecified atom stereocenters. The second kappa shape index (κ2) is 62.9. The fourth-order valence-corrected chi connectivity index (χ4v) is 20.1. The number of carbonyl (C=O) groups excluding carboxylic acids is 3. The normalized spacial score (nSPS) is 16.5. The van der Waals surface area contributed by atoms with E-state index in [1.807, 2.05) is 84.9 Å². The van der Waals surface area contributed by atoms with Crippen molar-refractivity contribution in [3.63, 3.8) is 0 Å². The summed E-state index contributed by atoms with van der Waals surface area (Å²) in [4.78, 5) is 39.2. The first-order valence-corrected chi connectivity index (χ1v) is 52.4. The number of amides is 2. The van der Waals surface area contributed by atoms with Crippen molar-refractivity contribution >= 4 is 71.4 Å². The third-order valence-corrected chi connectivity index (χ3v) is 26.1. The maximum Gasteiger partial charge on any atom is 0.475 e. The molecule has 0 spiro atoms. The Hall–Kier alpha value is -5.18. The first-order chi connectivity index (χ1) is 63.3. The van der Waals surface area contributed by atoms with Crippen LogP contribution < -0.4 is 19.5 Å². The third-order valence-electron chi connectivity index (χ3n) is 17.5. The number of benzene rings is 5. The van der Waals surface area contributed by atoms with Crippen LogP contribution in [0.25, 0.3) is 0 Å². The summed E-state index contributed by atoms with van der Waals surface area (Å²) < 4.78 is 176. The van der Waals surface area contributed by atoms with Gasteiger partial charge in [0.25, 0.3) is 11.8 Å². The maximum atomic E-state index is 13.0. The number of hydroxylamine groups is 2. The standard InChI is InChI=1S/C32H44NO4PS.C21H36ClO8P.C21H38NO12P.C20H33O8P/c1-26(2)36-38(39,37-31(3,4)5)35-25-15-9-14-24-33-32(27-16-10-7-11-17-27,28-18-12-8-13-19-28)29-20-22-30(34-6)23-21-29;1-8-26-14-16(2)15-29-31(23,30-21(3,4)5)28-12-11-27-17-9-10-18(19(22)13-17)20(24-6)25-7;1-21(2,3)34-35(26,31-16-14-29-11-10-27-4)32-17-15-30-13-12-28-9-5-6-20(25)33-22-18(23)7-8-19(22)24;1-15(2)27-29(21,28-20(3,4)5)25-12-11-23-13-18-14-24-19(26-18)16-7-9-17(22-6)10-8-16/h7-8,10-13,16-23,26,33H,9,14-15,24-25H2,1-6H3;9-10,13,16,20H,8,11-12,14-15H2,1-7H3;5-17H2,1-4H3;7-10,15,18-19H,11-14H2,1-6H3. The van der Waals surface area contributed by atoms with Gasteiger partial charge in [0, 0.05) is 64.4 Å². The molecule has 40 heteroatoms. The lowest BCUT2D eigenvalue weighted by Crippen LogP contribution is -2.45. The maximum absolute atomic E-state index is 13.0. The summed E-state index contributed by atoms with van der Waals surface area (Å²) >= 11 is 12.0. The predicted molar refractivity (Wildman–Crippen MR) is 514 cm³/mol. The second-order valence-corrected chi connectivity index (χ2v) is 42.9. The number of nitrogens with zero attached hydrogens (tertiary/aromatic N) is 1. The second-order valence-electron chi connectivity index (χ2n) is 34.9. The highest BCUT2D eigenvalue weighted by Crippen LogP contribution is 2.57. The van der Waals surface area contributed by atoms with E-state index in [0.717, 1.165) is 48.4 Å². The molecule has 1 N–H and O–H groups in total. The van der Waals surface area contributed by atoms with Gasteiger partial charge in [-0.1, -0.05) is 103 Å². The molecule has 2 heterocycles. The van der Waals surface area contributed by atoms with Gasteiger partial charge in [-0.25, -0.2) is 18.5 Å². The first kappa shape index (κ1) is 121. The molecule has 0 aliphatic carbocycles. The molecule has 7 rings (SSSR count). The molecule has 0 aromatic heterocycles. The van der Waals surface area contributed by atoms with Gasteiger partial charge in [0.05, 0.1) is 172 Å². The van der Waals surface area contributed by atoms with Crippen LogP contribution in [0.2, 0.25) is 5.02 Å². The molecule has 2 amide bonds. The summed E-state index contributed by atoms with van der Waals surface area (Å²) in [6.45, 7) is 36.2. The van der Waals surface area contributed by atoms with Gasteiger partial charge in [-0.15, -0.1) is 5.06 Å². The number of phosphoric ester groups is 3. The minimum Gasteiger partial charge on any atom is -0.497 e. The molecule has 762 valence electrons. The number of hydrogen-bond acceptors (Lipinski definition) is 34. The minimum absolute atomic E-state index is 0.00529. The van der Waals surface area contributed by atoms with Crippen LogP contribution in [-0.2, 0) is 152 Å². The number of ether oxygens (including phenoxy) is 13. The summed E-state index contributed by atoms with van der Waals surface area (Å²) in [5, 5.41) is 4.90. The number of imide groups is 1. The molecule has 5 aromatic rings. The molecular formula is C94H151ClN2O32P4S. The lowest BCUT2D eigenvalue weighted by atomic mass is 9.77. The van der Waals surface area contributed by atoms with Gasteiger partial charge in [0.15, 0.2) is 12.6 Å². The van der Waals surface area contributed by atoms with Gasteiger partial charge < -0.3 is 80.0 Å². The van der Waals surface area contributed by atoms with Gasteiger partial charge in [-0.2, -0.15) is 0 Å². The molecule has 134 heavy (non-hydrogen) atoms. The molecule has 0 radical (unpaired) electrons. The molecule has 5 aromatic carbocycles. The minimum atomic E-state index is -3.81. The van der Waals surface area contributed by atoms with E-state index in [-0.39, 0.29) is 123 Å². The van der Waals surface area contributed by atoms with Crippen LogP contribution >= 0.6 is 41.8 Å². The van der Waals surface area contributed by atoms with Crippen molar-refractivity contribution in [2.45, 2.75) is 228 Å². The van der Waals surface area contributed by atoms with Crippen LogP contribution in [0.3, 0.4) is 0 Å². The quantitative estimate of drug-likeness (QED) is 0.0124. The van der Waals surface area contributed by atoms with Gasteiger partial charge in [-0.05, 0) is 221 Å². The van der Waals surface area contributed by atoms with Crippen molar-refractivity contribution in [3.05, 3.63) is 160 Å². The largest absolute Gasteiger partial charge is 0.497 e. The Balaban J connectivity index is 0.000000376. The van der Waals surface area contributed by atoms with Gasteiger partial charge in [0.1, 0.15) is 30.0 Å². The van der Waals surface area contributed by atoms with Gasteiger partial charge >= 0.3 is 36.2 Å². The Kier molecular flexibility index (Phi) is 56.8. The number of unbranched alkanes of at least 4 members (excludes halogenated alkanes) is 2. The number of halogens is 1. The first-order valence-electron chi connectivity index (χ1n) is 45.1. The smallest absolute Gasteiger partial charge is 0.475 e. The van der Waals surface area contributed by atoms with Gasteiger partial charge in [0.2, 0.25) is 0 Å². The molecule has 0 bridgehead atoms. The summed E-state index contributed by atoms with van der Waals surface area (Å²) in [5.74, 6) is 0.492. The highest BCUT2D eigenvalue weighted by Gasteiger charge is 2.40.